The molecule has 1 amide bonds. The number of ether oxygens (including phenoxy) is 1. The third-order valence-electron chi connectivity index (χ3n) is 4.70. The van der Waals surface area contributed by atoms with Crippen molar-refractivity contribution in [2.24, 2.45) is 0 Å². The van der Waals surface area contributed by atoms with Crippen molar-refractivity contribution in [1.82, 2.24) is 4.90 Å². The molecule has 6 nitrogen and oxygen atoms in total. The Morgan fingerprint density at radius 1 is 1.15 bits per heavy atom. The van der Waals surface area contributed by atoms with Gasteiger partial charge in [0.25, 0.3) is 5.91 Å². The molecular weight excluding hydrogens is 346 g/mol. The third kappa shape index (κ3) is 2.78. The van der Waals surface area contributed by atoms with Gasteiger partial charge in [-0.2, -0.15) is 0 Å². The first kappa shape index (κ1) is 17.3. The summed E-state index contributed by atoms with van der Waals surface area (Å²) in [5.74, 6) is 0.303. The van der Waals surface area contributed by atoms with Crippen LogP contribution in [0.4, 0.5) is 0 Å². The summed E-state index contributed by atoms with van der Waals surface area (Å²) in [4.78, 5) is 27.6. The van der Waals surface area contributed by atoms with Crippen LogP contribution in [0.2, 0.25) is 0 Å². The zero-order valence-corrected chi connectivity index (χ0v) is 14.8. The van der Waals surface area contributed by atoms with Crippen LogP contribution in [-0.2, 0) is 0 Å². The number of hydrogen-bond acceptors (Lipinski definition) is 5. The minimum atomic E-state index is -0.624. The van der Waals surface area contributed by atoms with Gasteiger partial charge in [-0.3, -0.25) is 9.59 Å². The molecule has 1 aromatic heterocycles. The first-order valence-corrected chi connectivity index (χ1v) is 8.86. The second-order valence-electron chi connectivity index (χ2n) is 6.30. The van der Waals surface area contributed by atoms with Gasteiger partial charge in [0.1, 0.15) is 11.3 Å². The Morgan fingerprint density at radius 2 is 1.96 bits per heavy atom. The highest BCUT2D eigenvalue weighted by Gasteiger charge is 2.42. The van der Waals surface area contributed by atoms with Gasteiger partial charge in [-0.15, -0.1) is 0 Å². The van der Waals surface area contributed by atoms with E-state index in [1.165, 1.54) is 4.90 Å². The van der Waals surface area contributed by atoms with Gasteiger partial charge in [-0.1, -0.05) is 24.3 Å². The molecule has 0 bridgehead atoms. The summed E-state index contributed by atoms with van der Waals surface area (Å²) < 4.78 is 11.4. The topological polar surface area (TPSA) is 80.0 Å². The van der Waals surface area contributed by atoms with E-state index in [1.54, 1.807) is 24.3 Å². The molecule has 3 aromatic rings. The Kier molecular flexibility index (Phi) is 4.41. The first-order chi connectivity index (χ1) is 13.2. The lowest BCUT2D eigenvalue weighted by molar-refractivity contribution is 0.0691. The van der Waals surface area contributed by atoms with Crippen LogP contribution in [0, 0.1) is 0 Å². The van der Waals surface area contributed by atoms with Gasteiger partial charge in [0.05, 0.1) is 30.2 Å². The summed E-state index contributed by atoms with van der Waals surface area (Å²) >= 11 is 0. The van der Waals surface area contributed by atoms with Crippen molar-refractivity contribution < 1.29 is 19.1 Å². The normalized spacial score (nSPS) is 16.0. The summed E-state index contributed by atoms with van der Waals surface area (Å²) in [7, 11) is 0. The molecule has 0 unspecified atom stereocenters. The van der Waals surface area contributed by atoms with Crippen LogP contribution in [0.15, 0.2) is 57.7 Å². The average Bonchev–Trinajstić information content (AvgIpc) is 2.96. The predicted molar refractivity (Wildman–Crippen MR) is 100 cm³/mol. The average molecular weight is 365 g/mol. The summed E-state index contributed by atoms with van der Waals surface area (Å²) in [5, 5.41) is 9.89. The number of carbonyl (C=O) groups excluding carboxylic acids is 1. The molecule has 1 N–H and O–H groups in total. The van der Waals surface area contributed by atoms with Gasteiger partial charge < -0.3 is 19.2 Å². The molecule has 1 aliphatic rings. The summed E-state index contributed by atoms with van der Waals surface area (Å²) in [6.07, 6.45) is 0. The van der Waals surface area contributed by atoms with E-state index in [0.717, 1.165) is 5.56 Å². The highest BCUT2D eigenvalue weighted by molar-refractivity contribution is 5.99. The fraction of sp³-hybridized carbons (Fsp3) is 0.238. The molecule has 1 aliphatic heterocycles. The summed E-state index contributed by atoms with van der Waals surface area (Å²) in [5.41, 5.74) is 1.19. The van der Waals surface area contributed by atoms with Crippen LogP contribution >= 0.6 is 0 Å². The highest BCUT2D eigenvalue weighted by atomic mass is 16.5. The first-order valence-electron chi connectivity index (χ1n) is 8.86. The van der Waals surface area contributed by atoms with E-state index in [1.807, 2.05) is 31.2 Å². The highest BCUT2D eigenvalue weighted by Crippen LogP contribution is 2.38. The minimum Gasteiger partial charge on any atom is -0.494 e. The molecule has 2 heterocycles. The van der Waals surface area contributed by atoms with Crippen LogP contribution in [0.25, 0.3) is 11.0 Å². The fourth-order valence-corrected chi connectivity index (χ4v) is 3.59. The van der Waals surface area contributed by atoms with Crippen LogP contribution in [-0.4, -0.2) is 35.7 Å². The number of rotatable bonds is 5. The Morgan fingerprint density at radius 3 is 2.74 bits per heavy atom. The number of aliphatic hydroxyl groups excluding tert-OH is 1. The SMILES string of the molecule is CCOc1cccc([C@H]2c3c(oc4ccccc4c3=O)C(=O)N2CCO)c1. The van der Waals surface area contributed by atoms with Gasteiger partial charge >= 0.3 is 0 Å². The second kappa shape index (κ2) is 6.89. The molecule has 27 heavy (non-hydrogen) atoms. The summed E-state index contributed by atoms with van der Waals surface area (Å²) in [6, 6.07) is 13.6. The van der Waals surface area contributed by atoms with E-state index in [0.29, 0.717) is 28.9 Å². The molecule has 138 valence electrons. The summed E-state index contributed by atoms with van der Waals surface area (Å²) in [6.45, 7) is 2.29. The minimum absolute atomic E-state index is 0.0407. The van der Waals surface area contributed by atoms with Gasteiger partial charge in [0, 0.05) is 6.54 Å². The fourth-order valence-electron chi connectivity index (χ4n) is 3.59. The molecule has 0 saturated carbocycles. The van der Waals surface area contributed by atoms with Crippen molar-refractivity contribution in [2.75, 3.05) is 19.8 Å². The van der Waals surface area contributed by atoms with E-state index in [4.69, 9.17) is 9.15 Å². The standard InChI is InChI=1S/C21H19NO5/c1-2-26-14-7-5-6-13(12-14)18-17-19(24)15-8-3-4-9-16(15)27-20(17)21(25)22(18)10-11-23/h3-9,12,18,23H,2,10-11H2,1H3/t18-/m0/s1. The number of amides is 1. The third-order valence-corrected chi connectivity index (χ3v) is 4.70. The van der Waals surface area contributed by atoms with Crippen molar-refractivity contribution in [2.45, 2.75) is 13.0 Å². The molecule has 2 aromatic carbocycles. The molecular formula is C21H19NO5. The predicted octanol–water partition coefficient (Wildman–Crippen LogP) is 2.73. The van der Waals surface area contributed by atoms with Crippen LogP contribution in [0.1, 0.15) is 34.6 Å². The van der Waals surface area contributed by atoms with Crippen molar-refractivity contribution in [3.8, 4) is 5.75 Å². The maximum absolute atomic E-state index is 13.2. The maximum atomic E-state index is 13.2. The van der Waals surface area contributed by atoms with E-state index < -0.39 is 11.9 Å². The molecule has 0 fully saturated rings. The van der Waals surface area contributed by atoms with Crippen LogP contribution < -0.4 is 10.2 Å². The smallest absolute Gasteiger partial charge is 0.290 e. The quantitative estimate of drug-likeness (QED) is 0.752. The van der Waals surface area contributed by atoms with Gasteiger partial charge in [0.2, 0.25) is 5.76 Å². The van der Waals surface area contributed by atoms with Crippen molar-refractivity contribution in [1.29, 1.82) is 0 Å². The molecule has 0 saturated heterocycles. The number of benzene rings is 2. The lowest BCUT2D eigenvalue weighted by Gasteiger charge is -2.24. The van der Waals surface area contributed by atoms with Gasteiger partial charge in [-0.05, 0) is 36.8 Å². The lowest BCUT2D eigenvalue weighted by Crippen LogP contribution is -2.32. The van der Waals surface area contributed by atoms with Crippen LogP contribution in [0.5, 0.6) is 5.75 Å². The number of nitrogens with zero attached hydrogens (tertiary/aromatic N) is 1. The van der Waals surface area contributed by atoms with Gasteiger partial charge in [0.15, 0.2) is 5.43 Å². The van der Waals surface area contributed by atoms with Crippen molar-refractivity contribution >= 4 is 16.9 Å². The zero-order chi connectivity index (χ0) is 19.0. The Labute approximate surface area is 155 Å². The second-order valence-corrected chi connectivity index (χ2v) is 6.30. The monoisotopic (exact) mass is 365 g/mol. The number of carbonyl (C=O) groups is 1. The van der Waals surface area contributed by atoms with E-state index in [2.05, 4.69) is 0 Å². The number of β-amino-alcohol motifs (C(OH)–C–C–N with tert-alkyl or cyclic N) is 1. The maximum Gasteiger partial charge on any atom is 0.290 e. The van der Waals surface area contributed by atoms with Crippen molar-refractivity contribution in [3.05, 3.63) is 75.6 Å². The van der Waals surface area contributed by atoms with Gasteiger partial charge in [-0.25, -0.2) is 0 Å². The van der Waals surface area contributed by atoms with Crippen LogP contribution in [0.3, 0.4) is 0 Å². The lowest BCUT2D eigenvalue weighted by atomic mass is 9.98. The zero-order valence-electron chi connectivity index (χ0n) is 14.8. The molecule has 0 aliphatic carbocycles. The van der Waals surface area contributed by atoms with Crippen molar-refractivity contribution in [3.63, 3.8) is 0 Å². The number of para-hydroxylation sites is 1. The van der Waals surface area contributed by atoms with E-state index in [-0.39, 0.29) is 24.3 Å². The molecule has 6 heteroatoms. The Hall–Kier alpha value is -3.12. The molecule has 4 rings (SSSR count). The van der Waals surface area contributed by atoms with E-state index in [9.17, 15) is 14.7 Å². The Balaban J connectivity index is 1.95. The molecule has 1 atom stereocenters. The van der Waals surface area contributed by atoms with E-state index >= 15 is 0 Å². The molecule has 0 radical (unpaired) electrons. The number of hydrogen-bond donors (Lipinski definition) is 1. The largest absolute Gasteiger partial charge is 0.494 e. The number of fused-ring (bicyclic) bond motifs is 2. The Bertz CT molecular complexity index is 1070. The number of aliphatic hydroxyl groups is 1. The molecule has 0 spiro atoms.